The topological polar surface area (TPSA) is 65.1 Å². The van der Waals surface area contributed by atoms with E-state index in [1.165, 1.54) is 18.9 Å². The first-order valence-electron chi connectivity index (χ1n) is 8.25. The van der Waals surface area contributed by atoms with Gasteiger partial charge in [0.2, 0.25) is 6.79 Å². The quantitative estimate of drug-likeness (QED) is 0.728. The first-order valence-corrected chi connectivity index (χ1v) is 9.68. The van der Waals surface area contributed by atoms with Crippen LogP contribution in [0.25, 0.3) is 0 Å². The third-order valence-corrected chi connectivity index (χ3v) is 6.02. The maximum atomic E-state index is 13.3. The number of hydrogen-bond donors (Lipinski definition) is 0. The summed E-state index contributed by atoms with van der Waals surface area (Å²) >= 11 is 7.63. The van der Waals surface area contributed by atoms with Crippen molar-refractivity contribution >= 4 is 35.2 Å². The largest absolute Gasteiger partial charge is 0.467 e. The van der Waals surface area contributed by atoms with Crippen molar-refractivity contribution in [3.63, 3.8) is 0 Å². The molecule has 2 aromatic carbocycles. The molecule has 1 amide bonds. The Hall–Kier alpha value is -2.38. The second kappa shape index (κ2) is 7.32. The zero-order valence-electron chi connectivity index (χ0n) is 14.4. The molecule has 6 nitrogen and oxygen atoms in total. The van der Waals surface area contributed by atoms with Crippen LogP contribution in [0.2, 0.25) is 5.02 Å². The summed E-state index contributed by atoms with van der Waals surface area (Å²) in [7, 11) is 1.32. The van der Waals surface area contributed by atoms with E-state index in [9.17, 15) is 9.59 Å². The number of benzene rings is 2. The molecule has 2 aromatic rings. The molecule has 2 aliphatic rings. The molecule has 0 aromatic heterocycles. The number of methoxy groups -OCH3 is 1. The Bertz CT molecular complexity index is 905. The summed E-state index contributed by atoms with van der Waals surface area (Å²) in [4.78, 5) is 27.2. The van der Waals surface area contributed by atoms with Gasteiger partial charge in [-0.1, -0.05) is 23.7 Å². The van der Waals surface area contributed by atoms with Crippen LogP contribution in [0.3, 0.4) is 0 Å². The summed E-state index contributed by atoms with van der Waals surface area (Å²) in [6.45, 7) is 0.127. The number of carbonyl (C=O) groups excluding carboxylic acids is 2. The highest BCUT2D eigenvalue weighted by Gasteiger charge is 2.43. The van der Waals surface area contributed by atoms with Gasteiger partial charge in [-0.15, -0.1) is 11.8 Å². The molecule has 27 heavy (non-hydrogen) atoms. The summed E-state index contributed by atoms with van der Waals surface area (Å²) in [5.74, 6) is 0.833. The van der Waals surface area contributed by atoms with E-state index in [1.54, 1.807) is 35.2 Å². The van der Waals surface area contributed by atoms with Gasteiger partial charge in [0.15, 0.2) is 11.5 Å². The predicted octanol–water partition coefficient (Wildman–Crippen LogP) is 3.50. The molecule has 1 saturated heterocycles. The van der Waals surface area contributed by atoms with Crippen LogP contribution in [-0.2, 0) is 9.53 Å². The number of hydrogen-bond acceptors (Lipinski definition) is 6. The number of amides is 1. The van der Waals surface area contributed by atoms with Crippen LogP contribution in [0.1, 0.15) is 21.3 Å². The molecule has 2 unspecified atom stereocenters. The Morgan fingerprint density at radius 1 is 1.19 bits per heavy atom. The van der Waals surface area contributed by atoms with Gasteiger partial charge in [-0.2, -0.15) is 0 Å². The highest BCUT2D eigenvalue weighted by atomic mass is 35.5. The lowest BCUT2D eigenvalue weighted by atomic mass is 10.1. The van der Waals surface area contributed by atoms with Crippen molar-refractivity contribution in [3.05, 3.63) is 58.6 Å². The minimum absolute atomic E-state index is 0.127. The Kier molecular flexibility index (Phi) is 4.88. The average Bonchev–Trinajstić information content (AvgIpc) is 3.33. The molecular weight excluding hydrogens is 390 g/mol. The van der Waals surface area contributed by atoms with Crippen molar-refractivity contribution in [2.45, 2.75) is 11.4 Å². The lowest BCUT2D eigenvalue weighted by Crippen LogP contribution is -2.43. The third kappa shape index (κ3) is 3.33. The maximum absolute atomic E-state index is 13.3. The minimum atomic E-state index is -0.679. The standard InChI is InChI=1S/C19H16ClNO5S/c1-24-19(23)14-9-27-18(12-3-2-4-13(20)7-12)21(14)17(22)11-5-6-15-16(8-11)26-10-25-15/h2-8,14,18H,9-10H2,1H3. The number of esters is 1. The lowest BCUT2D eigenvalue weighted by molar-refractivity contribution is -0.145. The van der Waals surface area contributed by atoms with Crippen LogP contribution in [0, 0.1) is 0 Å². The lowest BCUT2D eigenvalue weighted by Gasteiger charge is -2.28. The van der Waals surface area contributed by atoms with Gasteiger partial charge in [-0.25, -0.2) is 4.79 Å². The van der Waals surface area contributed by atoms with Crippen molar-refractivity contribution in [3.8, 4) is 11.5 Å². The Morgan fingerprint density at radius 2 is 2.00 bits per heavy atom. The van der Waals surface area contributed by atoms with E-state index >= 15 is 0 Å². The van der Waals surface area contributed by atoms with Gasteiger partial charge in [0.25, 0.3) is 5.91 Å². The number of halogens is 1. The van der Waals surface area contributed by atoms with Crippen LogP contribution in [0.4, 0.5) is 0 Å². The molecule has 2 heterocycles. The SMILES string of the molecule is COC(=O)C1CSC(c2cccc(Cl)c2)N1C(=O)c1ccc2c(c1)OCO2. The average molecular weight is 406 g/mol. The molecule has 2 atom stereocenters. The van der Waals surface area contributed by atoms with E-state index in [4.69, 9.17) is 25.8 Å². The molecule has 0 aliphatic carbocycles. The highest BCUT2D eigenvalue weighted by Crippen LogP contribution is 2.43. The Balaban J connectivity index is 1.71. The number of nitrogens with zero attached hydrogens (tertiary/aromatic N) is 1. The van der Waals surface area contributed by atoms with Gasteiger partial charge >= 0.3 is 5.97 Å². The fourth-order valence-electron chi connectivity index (χ4n) is 3.17. The first kappa shape index (κ1) is 18.0. The second-order valence-electron chi connectivity index (χ2n) is 6.06. The molecule has 140 valence electrons. The van der Waals surface area contributed by atoms with Crippen molar-refractivity contribution < 1.29 is 23.8 Å². The van der Waals surface area contributed by atoms with Gasteiger partial charge < -0.3 is 19.1 Å². The molecule has 4 rings (SSSR count). The number of rotatable bonds is 3. The summed E-state index contributed by atoms with van der Waals surface area (Å²) in [5.41, 5.74) is 1.27. The van der Waals surface area contributed by atoms with Crippen LogP contribution in [-0.4, -0.2) is 42.5 Å². The van der Waals surface area contributed by atoms with Crippen molar-refractivity contribution in [1.82, 2.24) is 4.90 Å². The molecule has 0 spiro atoms. The molecular formula is C19H16ClNO5S. The smallest absolute Gasteiger partial charge is 0.329 e. The van der Waals surface area contributed by atoms with Crippen molar-refractivity contribution in [1.29, 1.82) is 0 Å². The van der Waals surface area contributed by atoms with Crippen molar-refractivity contribution in [2.24, 2.45) is 0 Å². The molecule has 0 radical (unpaired) electrons. The van der Waals surface area contributed by atoms with Gasteiger partial charge in [0.1, 0.15) is 11.4 Å². The second-order valence-corrected chi connectivity index (χ2v) is 7.61. The number of carbonyl (C=O) groups is 2. The van der Waals surface area contributed by atoms with Crippen LogP contribution in [0.15, 0.2) is 42.5 Å². The zero-order valence-corrected chi connectivity index (χ0v) is 16.0. The molecule has 0 saturated carbocycles. The number of thioether (sulfide) groups is 1. The van der Waals surface area contributed by atoms with E-state index in [2.05, 4.69) is 0 Å². The molecule has 0 N–H and O–H groups in total. The summed E-state index contributed by atoms with van der Waals surface area (Å²) in [6, 6.07) is 11.6. The summed E-state index contributed by atoms with van der Waals surface area (Å²) in [6.07, 6.45) is 0. The molecule has 8 heteroatoms. The number of fused-ring (bicyclic) bond motifs is 1. The van der Waals surface area contributed by atoms with Gasteiger partial charge in [-0.3, -0.25) is 4.79 Å². The van der Waals surface area contributed by atoms with Crippen molar-refractivity contribution in [2.75, 3.05) is 19.7 Å². The molecule has 2 aliphatic heterocycles. The fraction of sp³-hybridized carbons (Fsp3) is 0.263. The summed E-state index contributed by atoms with van der Waals surface area (Å²) in [5, 5.41) is 0.232. The van der Waals surface area contributed by atoms with E-state index in [0.717, 1.165) is 5.56 Å². The summed E-state index contributed by atoms with van der Waals surface area (Å²) < 4.78 is 15.6. The predicted molar refractivity (Wildman–Crippen MR) is 101 cm³/mol. The molecule has 0 bridgehead atoms. The van der Waals surface area contributed by atoms with E-state index in [0.29, 0.717) is 27.8 Å². The van der Waals surface area contributed by atoms with Gasteiger partial charge in [0.05, 0.1) is 7.11 Å². The maximum Gasteiger partial charge on any atom is 0.329 e. The number of ether oxygens (including phenoxy) is 3. The van der Waals surface area contributed by atoms with Gasteiger partial charge in [-0.05, 0) is 35.9 Å². The Morgan fingerprint density at radius 3 is 2.78 bits per heavy atom. The normalized spacial score (nSPS) is 20.6. The fourth-order valence-corrected chi connectivity index (χ4v) is 4.77. The van der Waals surface area contributed by atoms with E-state index < -0.39 is 12.0 Å². The third-order valence-electron chi connectivity index (χ3n) is 4.46. The Labute approximate surface area is 165 Å². The van der Waals surface area contributed by atoms with Crippen LogP contribution < -0.4 is 9.47 Å². The van der Waals surface area contributed by atoms with Crippen LogP contribution in [0.5, 0.6) is 11.5 Å². The van der Waals surface area contributed by atoms with E-state index in [-0.39, 0.29) is 18.1 Å². The van der Waals surface area contributed by atoms with Crippen LogP contribution >= 0.6 is 23.4 Å². The zero-order chi connectivity index (χ0) is 19.0. The van der Waals surface area contributed by atoms with E-state index in [1.807, 2.05) is 12.1 Å². The monoisotopic (exact) mass is 405 g/mol. The molecule has 1 fully saturated rings. The minimum Gasteiger partial charge on any atom is -0.467 e. The first-order chi connectivity index (χ1) is 13.1. The highest BCUT2D eigenvalue weighted by molar-refractivity contribution is 7.99. The van der Waals surface area contributed by atoms with Gasteiger partial charge in [0, 0.05) is 16.3 Å².